The van der Waals surface area contributed by atoms with Crippen molar-refractivity contribution >= 4 is 17.9 Å². The normalized spacial score (nSPS) is 12.5. The third kappa shape index (κ3) is 45.9. The molecule has 60 heavy (non-hydrogen) atoms. The number of ether oxygens (including phenoxy) is 3. The van der Waals surface area contributed by atoms with E-state index >= 15 is 0 Å². The number of carbonyl (C=O) groups excluding carboxylic acids is 3. The van der Waals surface area contributed by atoms with E-state index in [1.807, 2.05) is 0 Å². The van der Waals surface area contributed by atoms with E-state index in [1.165, 1.54) is 186 Å². The van der Waals surface area contributed by atoms with Gasteiger partial charge >= 0.3 is 17.9 Å². The first-order chi connectivity index (χ1) is 29.3. The summed E-state index contributed by atoms with van der Waals surface area (Å²) in [5, 5.41) is 0. The summed E-state index contributed by atoms with van der Waals surface area (Å²) < 4.78 is 16.8. The summed E-state index contributed by atoms with van der Waals surface area (Å²) in [6, 6.07) is 0. The van der Waals surface area contributed by atoms with Crippen LogP contribution in [0.4, 0.5) is 0 Å². The largest absolute Gasteiger partial charge is 0.462 e. The molecule has 0 N–H and O–H groups in total. The molecule has 2 atom stereocenters. The molecule has 0 fully saturated rings. The Bertz CT molecular complexity index is 918. The van der Waals surface area contributed by atoms with Crippen LogP contribution in [0, 0.1) is 11.8 Å². The van der Waals surface area contributed by atoms with Gasteiger partial charge in [0, 0.05) is 19.3 Å². The van der Waals surface area contributed by atoms with E-state index in [2.05, 4.69) is 34.6 Å². The molecule has 0 amide bonds. The molecule has 6 heteroatoms. The lowest BCUT2D eigenvalue weighted by Gasteiger charge is -2.18. The first kappa shape index (κ1) is 58.4. The second-order valence-corrected chi connectivity index (χ2v) is 19.2. The molecule has 0 rings (SSSR count). The minimum Gasteiger partial charge on any atom is -0.462 e. The molecular formula is C54H104O6. The van der Waals surface area contributed by atoms with Crippen LogP contribution in [0.1, 0.15) is 298 Å². The maximum Gasteiger partial charge on any atom is 0.306 e. The molecule has 0 spiro atoms. The van der Waals surface area contributed by atoms with Crippen molar-refractivity contribution in [2.75, 3.05) is 13.2 Å². The second-order valence-electron chi connectivity index (χ2n) is 19.2. The lowest BCUT2D eigenvalue weighted by molar-refractivity contribution is -0.167. The van der Waals surface area contributed by atoms with Crippen LogP contribution in [-0.2, 0) is 28.6 Å². The fraction of sp³-hybridized carbons (Fsp3) is 0.944. The Kier molecular flexibility index (Phi) is 45.7. The maximum atomic E-state index is 12.8. The lowest BCUT2D eigenvalue weighted by atomic mass is 9.99. The first-order valence-electron chi connectivity index (χ1n) is 26.8. The van der Waals surface area contributed by atoms with Crippen molar-refractivity contribution in [3.05, 3.63) is 0 Å². The number of esters is 3. The summed E-state index contributed by atoms with van der Waals surface area (Å²) in [6.07, 6.45) is 48.0. The summed E-state index contributed by atoms with van der Waals surface area (Å²) in [4.78, 5) is 38.0. The number of hydrogen-bond acceptors (Lipinski definition) is 6. The molecule has 356 valence electrons. The van der Waals surface area contributed by atoms with Gasteiger partial charge < -0.3 is 14.2 Å². The summed E-state index contributed by atoms with van der Waals surface area (Å²) >= 11 is 0. The van der Waals surface area contributed by atoms with Gasteiger partial charge in [0.15, 0.2) is 6.10 Å². The Morgan fingerprint density at radius 1 is 0.350 bits per heavy atom. The molecule has 0 aromatic carbocycles. The average Bonchev–Trinajstić information content (AvgIpc) is 3.23. The Morgan fingerprint density at radius 2 is 0.633 bits per heavy atom. The topological polar surface area (TPSA) is 78.9 Å². The van der Waals surface area contributed by atoms with Crippen molar-refractivity contribution < 1.29 is 28.6 Å². The summed E-state index contributed by atoms with van der Waals surface area (Å²) in [7, 11) is 0. The van der Waals surface area contributed by atoms with Crippen molar-refractivity contribution in [2.24, 2.45) is 11.8 Å². The summed E-state index contributed by atoms with van der Waals surface area (Å²) in [5.41, 5.74) is 0. The van der Waals surface area contributed by atoms with Crippen molar-refractivity contribution in [3.63, 3.8) is 0 Å². The van der Waals surface area contributed by atoms with Crippen molar-refractivity contribution in [1.82, 2.24) is 0 Å². The van der Waals surface area contributed by atoms with Gasteiger partial charge in [0.2, 0.25) is 0 Å². The van der Waals surface area contributed by atoms with E-state index in [-0.39, 0.29) is 31.1 Å². The van der Waals surface area contributed by atoms with Crippen molar-refractivity contribution in [3.8, 4) is 0 Å². The molecule has 0 aliphatic carbocycles. The Morgan fingerprint density at radius 3 is 0.950 bits per heavy atom. The van der Waals surface area contributed by atoms with Gasteiger partial charge in [-0.25, -0.2) is 0 Å². The monoisotopic (exact) mass is 849 g/mol. The summed E-state index contributed by atoms with van der Waals surface area (Å²) in [5.74, 6) is 0.828. The van der Waals surface area contributed by atoms with Crippen LogP contribution in [0.25, 0.3) is 0 Å². The highest BCUT2D eigenvalue weighted by atomic mass is 16.6. The van der Waals surface area contributed by atoms with E-state index < -0.39 is 6.10 Å². The van der Waals surface area contributed by atoms with Crippen molar-refractivity contribution in [2.45, 2.75) is 304 Å². The zero-order chi connectivity index (χ0) is 44.0. The van der Waals surface area contributed by atoms with Gasteiger partial charge in [-0.15, -0.1) is 0 Å². The Balaban J connectivity index is 4.32. The number of rotatable bonds is 48. The molecule has 0 saturated heterocycles. The van der Waals surface area contributed by atoms with Crippen LogP contribution < -0.4 is 0 Å². The molecule has 0 aromatic rings. The zero-order valence-corrected chi connectivity index (χ0v) is 41.1. The highest BCUT2D eigenvalue weighted by molar-refractivity contribution is 5.71. The zero-order valence-electron chi connectivity index (χ0n) is 41.1. The van der Waals surface area contributed by atoms with Gasteiger partial charge in [0.25, 0.3) is 0 Å². The van der Waals surface area contributed by atoms with Crippen LogP contribution in [0.3, 0.4) is 0 Å². The molecule has 0 heterocycles. The Labute approximate surface area is 374 Å². The predicted octanol–water partition coefficient (Wildman–Crippen LogP) is 17.3. The van der Waals surface area contributed by atoms with Crippen LogP contribution in [0.5, 0.6) is 0 Å². The third-order valence-electron chi connectivity index (χ3n) is 12.6. The van der Waals surface area contributed by atoms with Gasteiger partial charge in [0.1, 0.15) is 13.2 Å². The fourth-order valence-electron chi connectivity index (χ4n) is 8.13. The quantitative estimate of drug-likeness (QED) is 0.0345. The fourth-order valence-corrected chi connectivity index (χ4v) is 8.13. The minimum absolute atomic E-state index is 0.0639. The molecule has 0 aromatic heterocycles. The van der Waals surface area contributed by atoms with E-state index in [1.54, 1.807) is 0 Å². The first-order valence-corrected chi connectivity index (χ1v) is 26.8. The molecule has 0 saturated carbocycles. The van der Waals surface area contributed by atoms with Crippen molar-refractivity contribution in [1.29, 1.82) is 0 Å². The standard InChI is InChI=1S/C54H104O6/c1-6-8-9-10-11-12-13-14-15-16-17-20-24-31-36-41-46-54(57)60-51(48-59-53(56)45-40-35-30-26-25-28-33-38-43-50(5)7-2)47-58-52(55)44-39-34-29-23-21-18-19-22-27-32-37-42-49(3)4/h49-51H,6-48H2,1-5H3/t50?,51-/m1/s1. The van der Waals surface area contributed by atoms with E-state index in [0.29, 0.717) is 19.3 Å². The maximum absolute atomic E-state index is 12.8. The molecule has 0 aliphatic rings. The van der Waals surface area contributed by atoms with E-state index in [9.17, 15) is 14.4 Å². The van der Waals surface area contributed by atoms with E-state index in [0.717, 1.165) is 69.6 Å². The van der Waals surface area contributed by atoms with Crippen LogP contribution in [0.2, 0.25) is 0 Å². The van der Waals surface area contributed by atoms with E-state index in [4.69, 9.17) is 14.2 Å². The number of hydrogen-bond donors (Lipinski definition) is 0. The number of unbranched alkanes of at least 4 members (excludes halogenated alkanes) is 32. The van der Waals surface area contributed by atoms with Crippen LogP contribution >= 0.6 is 0 Å². The number of carbonyl (C=O) groups is 3. The highest BCUT2D eigenvalue weighted by Crippen LogP contribution is 2.18. The third-order valence-corrected chi connectivity index (χ3v) is 12.6. The smallest absolute Gasteiger partial charge is 0.306 e. The van der Waals surface area contributed by atoms with Gasteiger partial charge in [-0.05, 0) is 31.1 Å². The molecule has 0 bridgehead atoms. The molecule has 0 aliphatic heterocycles. The minimum atomic E-state index is -0.762. The summed E-state index contributed by atoms with van der Waals surface area (Å²) in [6.45, 7) is 11.4. The molecule has 6 nitrogen and oxygen atoms in total. The Hall–Kier alpha value is -1.59. The lowest BCUT2D eigenvalue weighted by Crippen LogP contribution is -2.30. The van der Waals surface area contributed by atoms with Gasteiger partial charge in [0.05, 0.1) is 0 Å². The SMILES string of the molecule is CCCCCCCCCCCCCCCCCCC(=O)O[C@H](COC(=O)CCCCCCCCCCCCCC(C)C)COC(=O)CCCCCCCCCCC(C)CC. The molecule has 0 radical (unpaired) electrons. The van der Waals surface area contributed by atoms with Crippen LogP contribution in [0.15, 0.2) is 0 Å². The van der Waals surface area contributed by atoms with Gasteiger partial charge in [-0.3, -0.25) is 14.4 Å². The average molecular weight is 849 g/mol. The van der Waals surface area contributed by atoms with Crippen LogP contribution in [-0.4, -0.2) is 37.2 Å². The second kappa shape index (κ2) is 46.9. The molecule has 1 unspecified atom stereocenters. The van der Waals surface area contributed by atoms with Gasteiger partial charge in [-0.2, -0.15) is 0 Å². The predicted molar refractivity (Wildman–Crippen MR) is 256 cm³/mol. The van der Waals surface area contributed by atoms with Gasteiger partial charge in [-0.1, -0.05) is 259 Å². The highest BCUT2D eigenvalue weighted by Gasteiger charge is 2.19. The molecular weight excluding hydrogens is 745 g/mol.